The number of unbranched alkanes of at least 4 members (excludes halogenated alkanes) is 1. The summed E-state index contributed by atoms with van der Waals surface area (Å²) in [6, 6.07) is 14.9. The first-order valence-electron chi connectivity index (χ1n) is 9.68. The fraction of sp³-hybridized carbons (Fsp3) is 0.391. The van der Waals surface area contributed by atoms with Crippen molar-refractivity contribution >= 4 is 10.9 Å². The van der Waals surface area contributed by atoms with Crippen LogP contribution in [0.1, 0.15) is 50.2 Å². The number of H-pyrrole nitrogens is 1. The predicted molar refractivity (Wildman–Crippen MR) is 111 cm³/mol. The van der Waals surface area contributed by atoms with Crippen LogP contribution in [-0.2, 0) is 6.42 Å². The van der Waals surface area contributed by atoms with Crippen LogP contribution in [0.4, 0.5) is 0 Å². The summed E-state index contributed by atoms with van der Waals surface area (Å²) < 4.78 is 5.64. The molecule has 1 heterocycles. The highest BCUT2D eigenvalue weighted by molar-refractivity contribution is 5.94. The first kappa shape index (κ1) is 18.5. The van der Waals surface area contributed by atoms with E-state index >= 15 is 0 Å². The van der Waals surface area contributed by atoms with Gasteiger partial charge in [0, 0.05) is 16.5 Å². The minimum atomic E-state index is 0.528. The van der Waals surface area contributed by atoms with E-state index in [0.717, 1.165) is 43.5 Å². The molecule has 1 unspecified atom stereocenters. The zero-order valence-corrected chi connectivity index (χ0v) is 16.1. The van der Waals surface area contributed by atoms with E-state index in [9.17, 15) is 0 Å². The van der Waals surface area contributed by atoms with Crippen molar-refractivity contribution in [2.45, 2.75) is 45.4 Å². The van der Waals surface area contributed by atoms with Gasteiger partial charge in [0.05, 0.1) is 12.8 Å². The molecule has 26 heavy (non-hydrogen) atoms. The molecule has 1 atom stereocenters. The third-order valence-corrected chi connectivity index (χ3v) is 5.37. The lowest BCUT2D eigenvalue weighted by atomic mass is 9.94. The first-order chi connectivity index (χ1) is 12.7. The molecule has 0 aliphatic carbocycles. The fourth-order valence-corrected chi connectivity index (χ4v) is 3.71. The van der Waals surface area contributed by atoms with Gasteiger partial charge in [-0.2, -0.15) is 0 Å². The summed E-state index contributed by atoms with van der Waals surface area (Å²) in [5.41, 5.74) is 12.1. The van der Waals surface area contributed by atoms with Crippen molar-refractivity contribution < 1.29 is 4.74 Å². The number of aryl methyl sites for hydroxylation is 1. The van der Waals surface area contributed by atoms with Crippen molar-refractivity contribution in [3.05, 3.63) is 53.6 Å². The number of fused-ring (bicyclic) bond motifs is 1. The SMILES string of the molecule is CCC(C)c1cccc2c(CCCCN)c(-c3ccccc3OC)[nH]c12. The molecule has 0 fully saturated rings. The molecule has 0 aliphatic heterocycles. The van der Waals surface area contributed by atoms with Gasteiger partial charge in [0.15, 0.2) is 0 Å². The summed E-state index contributed by atoms with van der Waals surface area (Å²) in [6.07, 6.45) is 4.29. The number of benzene rings is 2. The molecule has 3 N–H and O–H groups in total. The highest BCUT2D eigenvalue weighted by atomic mass is 16.5. The molecule has 0 bridgehead atoms. The van der Waals surface area contributed by atoms with E-state index in [0.29, 0.717) is 5.92 Å². The van der Waals surface area contributed by atoms with E-state index in [1.54, 1.807) is 7.11 Å². The maximum Gasteiger partial charge on any atom is 0.128 e. The Morgan fingerprint density at radius 1 is 1.08 bits per heavy atom. The van der Waals surface area contributed by atoms with Gasteiger partial charge in [-0.15, -0.1) is 0 Å². The minimum Gasteiger partial charge on any atom is -0.496 e. The number of ether oxygens (including phenoxy) is 1. The summed E-state index contributed by atoms with van der Waals surface area (Å²) in [5.74, 6) is 1.43. The van der Waals surface area contributed by atoms with Gasteiger partial charge in [0.1, 0.15) is 5.75 Å². The number of nitrogens with two attached hydrogens (primary N) is 1. The Balaban J connectivity index is 2.21. The Kier molecular flexibility index (Phi) is 6.00. The number of hydrogen-bond donors (Lipinski definition) is 2. The molecule has 0 aliphatic rings. The topological polar surface area (TPSA) is 51.0 Å². The van der Waals surface area contributed by atoms with Crippen molar-refractivity contribution in [1.82, 2.24) is 4.98 Å². The van der Waals surface area contributed by atoms with Crippen molar-refractivity contribution in [2.24, 2.45) is 5.73 Å². The number of aromatic nitrogens is 1. The van der Waals surface area contributed by atoms with E-state index in [1.807, 2.05) is 12.1 Å². The zero-order valence-electron chi connectivity index (χ0n) is 16.1. The molecule has 3 aromatic rings. The van der Waals surface area contributed by atoms with Crippen LogP contribution in [0.15, 0.2) is 42.5 Å². The van der Waals surface area contributed by atoms with Gasteiger partial charge in [0.2, 0.25) is 0 Å². The van der Waals surface area contributed by atoms with Gasteiger partial charge in [-0.05, 0) is 61.4 Å². The van der Waals surface area contributed by atoms with E-state index in [-0.39, 0.29) is 0 Å². The first-order valence-corrected chi connectivity index (χ1v) is 9.68. The number of rotatable bonds is 8. The summed E-state index contributed by atoms with van der Waals surface area (Å²) in [7, 11) is 1.74. The normalized spacial score (nSPS) is 12.5. The summed E-state index contributed by atoms with van der Waals surface area (Å²) in [6.45, 7) is 5.28. The van der Waals surface area contributed by atoms with E-state index in [4.69, 9.17) is 10.5 Å². The fourth-order valence-electron chi connectivity index (χ4n) is 3.71. The smallest absolute Gasteiger partial charge is 0.128 e. The Bertz CT molecular complexity index is 866. The summed E-state index contributed by atoms with van der Waals surface area (Å²) in [5, 5.41) is 1.33. The number of methoxy groups -OCH3 is 1. The van der Waals surface area contributed by atoms with Crippen LogP contribution in [0.5, 0.6) is 5.75 Å². The van der Waals surface area contributed by atoms with E-state index in [1.165, 1.54) is 27.7 Å². The van der Waals surface area contributed by atoms with Crippen LogP contribution in [0.3, 0.4) is 0 Å². The molecule has 0 radical (unpaired) electrons. The van der Waals surface area contributed by atoms with Gasteiger partial charge in [-0.1, -0.05) is 44.2 Å². The third-order valence-electron chi connectivity index (χ3n) is 5.37. The Morgan fingerprint density at radius 2 is 1.88 bits per heavy atom. The molecular weight excluding hydrogens is 320 g/mol. The predicted octanol–water partition coefficient (Wildman–Crippen LogP) is 5.64. The van der Waals surface area contributed by atoms with Gasteiger partial charge in [-0.3, -0.25) is 0 Å². The van der Waals surface area contributed by atoms with E-state index in [2.05, 4.69) is 49.2 Å². The molecule has 0 spiro atoms. The number of hydrogen-bond acceptors (Lipinski definition) is 2. The molecule has 0 saturated carbocycles. The minimum absolute atomic E-state index is 0.528. The molecule has 0 saturated heterocycles. The molecule has 3 nitrogen and oxygen atoms in total. The van der Waals surface area contributed by atoms with Crippen molar-refractivity contribution in [3.8, 4) is 17.0 Å². The maximum absolute atomic E-state index is 5.73. The Hall–Kier alpha value is -2.26. The third kappa shape index (κ3) is 3.49. The summed E-state index contributed by atoms with van der Waals surface area (Å²) in [4.78, 5) is 3.75. The zero-order chi connectivity index (χ0) is 18.5. The van der Waals surface area contributed by atoms with Crippen LogP contribution in [0.25, 0.3) is 22.2 Å². The highest BCUT2D eigenvalue weighted by Crippen LogP contribution is 2.39. The van der Waals surface area contributed by atoms with Crippen molar-refractivity contribution in [1.29, 1.82) is 0 Å². The van der Waals surface area contributed by atoms with Gasteiger partial charge >= 0.3 is 0 Å². The van der Waals surface area contributed by atoms with Gasteiger partial charge < -0.3 is 15.5 Å². The van der Waals surface area contributed by atoms with E-state index < -0.39 is 0 Å². The average Bonchev–Trinajstić information content (AvgIpc) is 3.06. The standard InChI is InChI=1S/C23H30N2O/c1-4-16(2)17-12-9-13-19-18(10-7-8-15-24)23(25-22(17)19)20-11-5-6-14-21(20)26-3/h5-6,9,11-14,16,25H,4,7-8,10,15,24H2,1-3H3. The Morgan fingerprint density at radius 3 is 2.62 bits per heavy atom. The van der Waals surface area contributed by atoms with Gasteiger partial charge in [0.25, 0.3) is 0 Å². The molecule has 3 rings (SSSR count). The lowest BCUT2D eigenvalue weighted by molar-refractivity contribution is 0.416. The van der Waals surface area contributed by atoms with Crippen LogP contribution in [0, 0.1) is 0 Å². The molecule has 1 aromatic heterocycles. The highest BCUT2D eigenvalue weighted by Gasteiger charge is 2.18. The van der Waals surface area contributed by atoms with Crippen LogP contribution >= 0.6 is 0 Å². The largest absolute Gasteiger partial charge is 0.496 e. The second-order valence-corrected chi connectivity index (χ2v) is 7.00. The quantitative estimate of drug-likeness (QED) is 0.517. The van der Waals surface area contributed by atoms with Crippen LogP contribution in [-0.4, -0.2) is 18.6 Å². The average molecular weight is 351 g/mol. The molecule has 138 valence electrons. The molecule has 2 aromatic carbocycles. The number of aromatic amines is 1. The maximum atomic E-state index is 5.73. The summed E-state index contributed by atoms with van der Waals surface area (Å²) >= 11 is 0. The number of para-hydroxylation sites is 2. The molecular formula is C23H30N2O. The van der Waals surface area contributed by atoms with Crippen molar-refractivity contribution in [3.63, 3.8) is 0 Å². The second-order valence-electron chi connectivity index (χ2n) is 7.00. The monoisotopic (exact) mass is 350 g/mol. The number of nitrogens with one attached hydrogen (secondary N) is 1. The van der Waals surface area contributed by atoms with Crippen molar-refractivity contribution in [2.75, 3.05) is 13.7 Å². The molecule has 0 amide bonds. The van der Waals surface area contributed by atoms with Gasteiger partial charge in [-0.25, -0.2) is 0 Å². The lowest BCUT2D eigenvalue weighted by Gasteiger charge is -2.10. The van der Waals surface area contributed by atoms with Crippen LogP contribution < -0.4 is 10.5 Å². The van der Waals surface area contributed by atoms with Crippen LogP contribution in [0.2, 0.25) is 0 Å². The second kappa shape index (κ2) is 8.41. The molecule has 3 heteroatoms. The Labute approximate surface area is 156 Å². The lowest BCUT2D eigenvalue weighted by Crippen LogP contribution is -1.99.